The Kier molecular flexibility index (Phi) is 5.00. The van der Waals surface area contributed by atoms with E-state index in [1.165, 1.54) is 22.8 Å². The summed E-state index contributed by atoms with van der Waals surface area (Å²) in [5.41, 5.74) is 0.320. The number of carbonyl (C=O) groups excluding carboxylic acids is 1. The van der Waals surface area contributed by atoms with Crippen LogP contribution in [0.4, 0.5) is 8.78 Å². The molecule has 7 nitrogen and oxygen atoms in total. The predicted molar refractivity (Wildman–Crippen MR) is 112 cm³/mol. The Hall–Kier alpha value is -3.54. The molecule has 2 aromatic rings. The minimum atomic E-state index is -0.620. The van der Waals surface area contributed by atoms with Gasteiger partial charge in [0, 0.05) is 37.4 Å². The largest absolute Gasteiger partial charge is 0.347 e. The van der Waals surface area contributed by atoms with E-state index in [2.05, 4.69) is 10.2 Å². The van der Waals surface area contributed by atoms with Crippen molar-refractivity contribution in [2.24, 2.45) is 11.8 Å². The lowest BCUT2D eigenvalue weighted by Gasteiger charge is -2.16. The van der Waals surface area contributed by atoms with E-state index >= 15 is 0 Å². The summed E-state index contributed by atoms with van der Waals surface area (Å²) in [7, 11) is 0. The summed E-state index contributed by atoms with van der Waals surface area (Å²) in [4.78, 5) is 26.6. The van der Waals surface area contributed by atoms with Gasteiger partial charge < -0.3 is 4.90 Å². The van der Waals surface area contributed by atoms with E-state index in [-0.39, 0.29) is 41.0 Å². The Morgan fingerprint density at radius 2 is 2.09 bits per heavy atom. The Labute approximate surface area is 182 Å². The zero-order valence-corrected chi connectivity index (χ0v) is 17.3. The second-order valence-corrected chi connectivity index (χ2v) is 8.65. The summed E-state index contributed by atoms with van der Waals surface area (Å²) in [5.74, 6) is -0.321. The Morgan fingerprint density at radius 3 is 2.81 bits per heavy atom. The van der Waals surface area contributed by atoms with Gasteiger partial charge in [-0.05, 0) is 49.0 Å². The van der Waals surface area contributed by atoms with Crippen LogP contribution in [0.15, 0.2) is 34.9 Å². The number of allylic oxidation sites excluding steroid dienone is 4. The molecule has 1 aromatic carbocycles. The average Bonchev–Trinajstić information content (AvgIpc) is 3.27. The average molecular weight is 437 g/mol. The van der Waals surface area contributed by atoms with Crippen molar-refractivity contribution in [3.63, 3.8) is 0 Å². The molecule has 0 unspecified atom stereocenters. The third-order valence-electron chi connectivity index (χ3n) is 6.39. The second-order valence-electron chi connectivity index (χ2n) is 8.65. The van der Waals surface area contributed by atoms with Crippen LogP contribution in [0.5, 0.6) is 0 Å². The fourth-order valence-electron chi connectivity index (χ4n) is 4.55. The molecule has 0 spiro atoms. The number of likely N-dealkylation sites (tertiary alicyclic amines) is 1. The highest BCUT2D eigenvalue weighted by atomic mass is 19.1. The first-order valence-electron chi connectivity index (χ1n) is 10.7. The number of amides is 1. The molecule has 3 aliphatic rings. The summed E-state index contributed by atoms with van der Waals surface area (Å²) in [5, 5.41) is 15.4. The first-order chi connectivity index (χ1) is 15.4. The molecule has 1 amide bonds. The predicted octanol–water partition coefficient (Wildman–Crippen LogP) is 3.01. The first-order valence-corrected chi connectivity index (χ1v) is 10.7. The number of aromatic nitrogens is 3. The van der Waals surface area contributed by atoms with Crippen LogP contribution in [-0.2, 0) is 11.2 Å². The molecule has 1 saturated heterocycles. The zero-order valence-electron chi connectivity index (χ0n) is 17.3. The molecule has 1 atom stereocenters. The van der Waals surface area contributed by atoms with Crippen LogP contribution < -0.4 is 5.69 Å². The molecule has 2 fully saturated rings. The van der Waals surface area contributed by atoms with E-state index in [1.54, 1.807) is 0 Å². The molecule has 1 N–H and O–H groups in total. The van der Waals surface area contributed by atoms with Gasteiger partial charge in [-0.3, -0.25) is 4.79 Å². The van der Waals surface area contributed by atoms with Gasteiger partial charge >= 0.3 is 5.69 Å². The van der Waals surface area contributed by atoms with Gasteiger partial charge in [-0.25, -0.2) is 23.2 Å². The minimum absolute atomic E-state index is 0.0258. The van der Waals surface area contributed by atoms with Gasteiger partial charge in [0.25, 0.3) is 0 Å². The van der Waals surface area contributed by atoms with Gasteiger partial charge in [0.05, 0.1) is 17.3 Å². The highest BCUT2D eigenvalue weighted by Crippen LogP contribution is 2.37. The zero-order chi connectivity index (χ0) is 22.4. The molecule has 1 saturated carbocycles. The summed E-state index contributed by atoms with van der Waals surface area (Å²) < 4.78 is 30.5. The monoisotopic (exact) mass is 437 g/mol. The summed E-state index contributed by atoms with van der Waals surface area (Å²) in [6.07, 6.45) is 4.40. The SMILES string of the molecule is N#Cc1ccc(C2=CC(F)=C(n3c(C[C@@H]4CCN(C(=O)C5CC5)C4)n[nH]c3=O)C2)c(F)c1. The van der Waals surface area contributed by atoms with E-state index in [9.17, 15) is 18.4 Å². The lowest BCUT2D eigenvalue weighted by Crippen LogP contribution is -2.30. The summed E-state index contributed by atoms with van der Waals surface area (Å²) in [6, 6.07) is 5.89. The number of nitrogens with one attached hydrogen (secondary N) is 1. The van der Waals surface area contributed by atoms with Crippen LogP contribution in [0.3, 0.4) is 0 Å². The number of aromatic amines is 1. The molecule has 0 bridgehead atoms. The number of hydrogen-bond donors (Lipinski definition) is 1. The van der Waals surface area contributed by atoms with Crippen molar-refractivity contribution in [1.82, 2.24) is 19.7 Å². The normalized spacial score (nSPS) is 20.6. The smallest absolute Gasteiger partial charge is 0.342 e. The van der Waals surface area contributed by atoms with Gasteiger partial charge in [0.1, 0.15) is 17.5 Å². The van der Waals surface area contributed by atoms with Gasteiger partial charge in [0.2, 0.25) is 5.91 Å². The fraction of sp³-hybridized carbons (Fsp3) is 0.391. The molecule has 2 aliphatic carbocycles. The van der Waals surface area contributed by atoms with Crippen molar-refractivity contribution in [3.8, 4) is 6.07 Å². The van der Waals surface area contributed by atoms with Gasteiger partial charge in [-0.2, -0.15) is 10.4 Å². The van der Waals surface area contributed by atoms with E-state index in [0.717, 1.165) is 25.3 Å². The van der Waals surface area contributed by atoms with Crippen LogP contribution in [0.1, 0.15) is 42.6 Å². The van der Waals surface area contributed by atoms with Crippen LogP contribution in [0, 0.1) is 29.0 Å². The van der Waals surface area contributed by atoms with Crippen LogP contribution in [-0.4, -0.2) is 38.7 Å². The molecule has 5 rings (SSSR count). The van der Waals surface area contributed by atoms with Crippen LogP contribution in [0.2, 0.25) is 0 Å². The molecular formula is C23H21F2N5O2. The molecule has 164 valence electrons. The molecule has 0 radical (unpaired) electrons. The minimum Gasteiger partial charge on any atom is -0.342 e. The quantitative estimate of drug-likeness (QED) is 0.778. The van der Waals surface area contributed by atoms with Crippen molar-refractivity contribution in [2.45, 2.75) is 32.1 Å². The van der Waals surface area contributed by atoms with E-state index in [1.807, 2.05) is 11.0 Å². The lowest BCUT2D eigenvalue weighted by atomic mass is 10.0. The Morgan fingerprint density at radius 1 is 1.28 bits per heavy atom. The third kappa shape index (κ3) is 3.66. The maximum absolute atomic E-state index is 14.9. The van der Waals surface area contributed by atoms with Crippen molar-refractivity contribution in [3.05, 3.63) is 63.4 Å². The number of rotatable bonds is 5. The topological polar surface area (TPSA) is 94.8 Å². The highest BCUT2D eigenvalue weighted by Gasteiger charge is 2.37. The maximum atomic E-state index is 14.9. The molecule has 9 heteroatoms. The number of halogens is 2. The first kappa shape index (κ1) is 20.4. The van der Waals surface area contributed by atoms with E-state index < -0.39 is 17.3 Å². The van der Waals surface area contributed by atoms with Crippen LogP contribution in [0.25, 0.3) is 11.3 Å². The lowest BCUT2D eigenvalue weighted by molar-refractivity contribution is -0.131. The number of nitriles is 1. The highest BCUT2D eigenvalue weighted by molar-refractivity contribution is 5.83. The number of nitrogens with zero attached hydrogens (tertiary/aromatic N) is 4. The number of carbonyl (C=O) groups is 1. The molecule has 32 heavy (non-hydrogen) atoms. The van der Waals surface area contributed by atoms with Gasteiger partial charge in [-0.15, -0.1) is 0 Å². The van der Waals surface area contributed by atoms with Crippen molar-refractivity contribution < 1.29 is 13.6 Å². The summed E-state index contributed by atoms with van der Waals surface area (Å²) >= 11 is 0. The van der Waals surface area contributed by atoms with Gasteiger partial charge in [-0.1, -0.05) is 6.07 Å². The Bertz CT molecular complexity index is 1260. The fourth-order valence-corrected chi connectivity index (χ4v) is 4.55. The van der Waals surface area contributed by atoms with Crippen LogP contribution >= 0.6 is 0 Å². The standard InChI is InChI=1S/C23H21F2N5O2/c24-18-7-13(11-26)1-4-17(18)16-9-19(25)20(10-16)30-21(27-28-23(30)32)8-14-5-6-29(12-14)22(31)15-2-3-15/h1,4,7,9,14-15H,2-3,5-6,8,10,12H2,(H,28,32)/t14-/m0/s1. The molecule has 1 aromatic heterocycles. The van der Waals surface area contributed by atoms with Gasteiger partial charge in [0.15, 0.2) is 0 Å². The number of benzene rings is 1. The summed E-state index contributed by atoms with van der Waals surface area (Å²) in [6.45, 7) is 1.30. The molecule has 2 heterocycles. The molecule has 1 aliphatic heterocycles. The number of hydrogen-bond acceptors (Lipinski definition) is 4. The second kappa shape index (κ2) is 7.86. The molecular weight excluding hydrogens is 416 g/mol. The number of H-pyrrole nitrogens is 1. The maximum Gasteiger partial charge on any atom is 0.347 e. The van der Waals surface area contributed by atoms with Crippen molar-refractivity contribution in [1.29, 1.82) is 5.26 Å². The Balaban J connectivity index is 1.34. The van der Waals surface area contributed by atoms with E-state index in [0.29, 0.717) is 30.9 Å². The van der Waals surface area contributed by atoms with Crippen molar-refractivity contribution in [2.75, 3.05) is 13.1 Å². The van der Waals surface area contributed by atoms with E-state index in [4.69, 9.17) is 5.26 Å². The van der Waals surface area contributed by atoms with Crippen molar-refractivity contribution >= 4 is 17.2 Å². The third-order valence-corrected chi connectivity index (χ3v) is 6.39.